The largest absolute Gasteiger partial charge is 0.238 e. The molecular formula is C24H44N4. The van der Waals surface area contributed by atoms with Crippen LogP contribution in [0.2, 0.25) is 0 Å². The maximum atomic E-state index is 2.85. The van der Waals surface area contributed by atoms with E-state index in [0.717, 1.165) is 48.8 Å². The lowest BCUT2D eigenvalue weighted by molar-refractivity contribution is -0.297. The summed E-state index contributed by atoms with van der Waals surface area (Å²) < 4.78 is 0. The van der Waals surface area contributed by atoms with Crippen LogP contribution in [0.1, 0.15) is 74.7 Å². The molecule has 8 atom stereocenters. The summed E-state index contributed by atoms with van der Waals surface area (Å²) in [6, 6.07) is 1.48. The Morgan fingerprint density at radius 1 is 0.643 bits per heavy atom. The van der Waals surface area contributed by atoms with Crippen molar-refractivity contribution in [1.29, 1.82) is 0 Å². The van der Waals surface area contributed by atoms with Crippen molar-refractivity contribution in [2.24, 2.45) is 29.1 Å². The van der Waals surface area contributed by atoms with Gasteiger partial charge in [0.05, 0.1) is 0 Å². The molecule has 0 N–H and O–H groups in total. The molecule has 6 fully saturated rings. The molecule has 4 bridgehead atoms. The van der Waals surface area contributed by atoms with E-state index < -0.39 is 0 Å². The molecule has 4 nitrogen and oxygen atoms in total. The number of rotatable bonds is 4. The predicted molar refractivity (Wildman–Crippen MR) is 115 cm³/mol. The molecular weight excluding hydrogens is 344 g/mol. The molecule has 0 aromatic carbocycles. The first-order chi connectivity index (χ1) is 13.3. The molecule has 3 saturated carbocycles. The molecule has 3 saturated heterocycles. The molecule has 3 heterocycles. The smallest absolute Gasteiger partial charge is 0.0445 e. The SMILES string of the molecule is CCN1[C@H]2C3CCCC3[C@@H](C3C2[C@]2(C)N(CC)N(CC)[C@]3(C)C2(C)C)N1CC. The van der Waals surface area contributed by atoms with E-state index in [2.05, 4.69) is 75.4 Å². The molecule has 0 spiro atoms. The van der Waals surface area contributed by atoms with Gasteiger partial charge in [0.2, 0.25) is 0 Å². The van der Waals surface area contributed by atoms with Gasteiger partial charge in [0, 0.05) is 66.6 Å². The second-order valence-electron chi connectivity index (χ2n) is 11.2. The Hall–Kier alpha value is -0.160. The summed E-state index contributed by atoms with van der Waals surface area (Å²) in [5, 5.41) is 11.4. The third kappa shape index (κ3) is 1.74. The highest BCUT2D eigenvalue weighted by Gasteiger charge is 2.84. The van der Waals surface area contributed by atoms with Crippen LogP contribution in [-0.2, 0) is 0 Å². The summed E-state index contributed by atoms with van der Waals surface area (Å²) in [6.45, 7) is 24.8. The van der Waals surface area contributed by atoms with Crippen LogP contribution in [0, 0.1) is 29.1 Å². The van der Waals surface area contributed by atoms with Crippen LogP contribution in [0.5, 0.6) is 0 Å². The van der Waals surface area contributed by atoms with Gasteiger partial charge in [-0.2, -0.15) is 0 Å². The first-order valence-corrected chi connectivity index (χ1v) is 12.4. The number of fused-ring (bicyclic) bond motifs is 3. The predicted octanol–water partition coefficient (Wildman–Crippen LogP) is 4.09. The van der Waals surface area contributed by atoms with Gasteiger partial charge in [-0.3, -0.25) is 0 Å². The second kappa shape index (κ2) is 5.96. The lowest BCUT2D eigenvalue weighted by Gasteiger charge is -2.70. The Kier molecular flexibility index (Phi) is 4.21. The van der Waals surface area contributed by atoms with Gasteiger partial charge in [0.15, 0.2) is 0 Å². The maximum absolute atomic E-state index is 2.85. The zero-order chi connectivity index (χ0) is 20.2. The second-order valence-corrected chi connectivity index (χ2v) is 11.2. The molecule has 0 aromatic heterocycles. The van der Waals surface area contributed by atoms with Gasteiger partial charge in [-0.05, 0) is 38.5 Å². The van der Waals surface area contributed by atoms with Crippen LogP contribution >= 0.6 is 0 Å². The zero-order valence-corrected chi connectivity index (χ0v) is 19.7. The van der Waals surface area contributed by atoms with Gasteiger partial charge in [-0.15, -0.1) is 0 Å². The standard InChI is InChI=1S/C24H44N4/c1-9-25-20-16-14-13-15-17(16)21(26(25)10-2)19-18(20)23(7)22(5,6)24(19,8)28(12-4)27(23)11-3/h16-21H,9-15H2,1-8H3/t16?,17?,18?,19?,20-,21-,23-,24-/m0/s1. The Labute approximate surface area is 173 Å². The van der Waals surface area contributed by atoms with Crippen LogP contribution in [0.3, 0.4) is 0 Å². The van der Waals surface area contributed by atoms with E-state index in [1.54, 1.807) is 0 Å². The van der Waals surface area contributed by atoms with Crippen LogP contribution in [0.4, 0.5) is 0 Å². The van der Waals surface area contributed by atoms with Crippen molar-refractivity contribution >= 4 is 0 Å². The van der Waals surface area contributed by atoms with Crippen molar-refractivity contribution in [3.63, 3.8) is 0 Å². The van der Waals surface area contributed by atoms with E-state index in [1.807, 2.05) is 0 Å². The summed E-state index contributed by atoms with van der Waals surface area (Å²) in [5.74, 6) is 3.45. The molecule has 3 aliphatic carbocycles. The molecule has 0 amide bonds. The van der Waals surface area contributed by atoms with Gasteiger partial charge in [0.25, 0.3) is 0 Å². The van der Waals surface area contributed by atoms with Crippen LogP contribution < -0.4 is 0 Å². The molecule has 4 heteroatoms. The van der Waals surface area contributed by atoms with Crippen molar-refractivity contribution in [1.82, 2.24) is 20.0 Å². The molecule has 160 valence electrons. The fourth-order valence-corrected chi connectivity index (χ4v) is 9.96. The third-order valence-electron chi connectivity index (χ3n) is 11.1. The maximum Gasteiger partial charge on any atom is 0.0445 e. The molecule has 0 aromatic rings. The molecule has 4 unspecified atom stereocenters. The molecule has 28 heavy (non-hydrogen) atoms. The van der Waals surface area contributed by atoms with E-state index >= 15 is 0 Å². The quantitative estimate of drug-likeness (QED) is 0.719. The van der Waals surface area contributed by atoms with E-state index in [0.29, 0.717) is 5.41 Å². The zero-order valence-electron chi connectivity index (χ0n) is 19.7. The van der Waals surface area contributed by atoms with E-state index in [4.69, 9.17) is 0 Å². The van der Waals surface area contributed by atoms with Crippen molar-refractivity contribution in [2.45, 2.75) is 97.8 Å². The molecule has 3 aliphatic heterocycles. The fraction of sp³-hybridized carbons (Fsp3) is 1.00. The third-order valence-corrected chi connectivity index (χ3v) is 11.1. The van der Waals surface area contributed by atoms with Crippen LogP contribution in [-0.4, -0.2) is 69.4 Å². The van der Waals surface area contributed by atoms with E-state index in [-0.39, 0.29) is 11.1 Å². The van der Waals surface area contributed by atoms with Gasteiger partial charge in [-0.1, -0.05) is 48.0 Å². The minimum atomic E-state index is 0.251. The van der Waals surface area contributed by atoms with Crippen LogP contribution in [0.25, 0.3) is 0 Å². The highest BCUT2D eigenvalue weighted by atomic mass is 15.7. The van der Waals surface area contributed by atoms with Gasteiger partial charge in [0.1, 0.15) is 0 Å². The summed E-state index contributed by atoms with van der Waals surface area (Å²) >= 11 is 0. The first kappa shape index (κ1) is 19.8. The summed E-state index contributed by atoms with van der Waals surface area (Å²) in [5.41, 5.74) is 0.793. The summed E-state index contributed by atoms with van der Waals surface area (Å²) in [6.07, 6.45) is 4.41. The average molecular weight is 389 g/mol. The Morgan fingerprint density at radius 2 is 1.04 bits per heavy atom. The Morgan fingerprint density at radius 3 is 1.36 bits per heavy atom. The van der Waals surface area contributed by atoms with Gasteiger partial charge >= 0.3 is 0 Å². The normalized spacial score (nSPS) is 53.1. The van der Waals surface area contributed by atoms with Crippen molar-refractivity contribution in [3.8, 4) is 0 Å². The van der Waals surface area contributed by atoms with Crippen LogP contribution in [0.15, 0.2) is 0 Å². The number of hydrogen-bond acceptors (Lipinski definition) is 4. The molecule has 6 rings (SSSR count). The minimum absolute atomic E-state index is 0.251. The number of hydrogen-bond donors (Lipinski definition) is 0. The average Bonchev–Trinajstić information content (AvgIpc) is 3.26. The van der Waals surface area contributed by atoms with Crippen molar-refractivity contribution in [3.05, 3.63) is 0 Å². The monoisotopic (exact) mass is 388 g/mol. The lowest BCUT2D eigenvalue weighted by Crippen LogP contribution is -2.80. The van der Waals surface area contributed by atoms with E-state index in [1.165, 1.54) is 32.4 Å². The highest BCUT2D eigenvalue weighted by Crippen LogP contribution is 2.75. The molecule has 6 aliphatic rings. The van der Waals surface area contributed by atoms with Gasteiger partial charge in [-0.25, -0.2) is 20.0 Å². The Bertz CT molecular complexity index is 597. The summed E-state index contributed by atoms with van der Waals surface area (Å²) in [7, 11) is 0. The lowest BCUT2D eigenvalue weighted by atomic mass is 9.56. The number of hydrazine groups is 2. The van der Waals surface area contributed by atoms with Crippen molar-refractivity contribution in [2.75, 3.05) is 26.2 Å². The fourth-order valence-electron chi connectivity index (χ4n) is 9.96. The minimum Gasteiger partial charge on any atom is -0.238 e. The Balaban J connectivity index is 1.74. The topological polar surface area (TPSA) is 13.0 Å². The van der Waals surface area contributed by atoms with Crippen molar-refractivity contribution < 1.29 is 0 Å². The highest BCUT2D eigenvalue weighted by molar-refractivity contribution is 5.34. The molecule has 0 radical (unpaired) electrons. The van der Waals surface area contributed by atoms with Gasteiger partial charge < -0.3 is 0 Å². The number of nitrogens with zero attached hydrogens (tertiary/aromatic N) is 4. The van der Waals surface area contributed by atoms with E-state index in [9.17, 15) is 0 Å². The first-order valence-electron chi connectivity index (χ1n) is 12.4. The summed E-state index contributed by atoms with van der Waals surface area (Å²) in [4.78, 5) is 0.